The molecule has 0 aromatic carbocycles. The summed E-state index contributed by atoms with van der Waals surface area (Å²) in [5.41, 5.74) is 2.44. The molecule has 3 unspecified atom stereocenters. The first-order valence-electron chi connectivity index (χ1n) is 7.14. The Morgan fingerprint density at radius 1 is 1.60 bits per heavy atom. The van der Waals surface area contributed by atoms with E-state index in [4.69, 9.17) is 5.41 Å². The third-order valence-corrected chi connectivity index (χ3v) is 4.04. The molecule has 1 N–H and O–H groups in total. The van der Waals surface area contributed by atoms with Crippen LogP contribution in [0.2, 0.25) is 0 Å². The summed E-state index contributed by atoms with van der Waals surface area (Å²) in [5.74, 6) is 0.350. The summed E-state index contributed by atoms with van der Waals surface area (Å²) in [6.07, 6.45) is 9.14. The van der Waals surface area contributed by atoms with E-state index in [1.807, 2.05) is 38.1 Å². The van der Waals surface area contributed by atoms with Crippen LogP contribution in [0, 0.1) is 28.6 Å². The van der Waals surface area contributed by atoms with E-state index < -0.39 is 0 Å². The summed E-state index contributed by atoms with van der Waals surface area (Å²) in [6.45, 7) is 8.10. The zero-order valence-corrected chi connectivity index (χ0v) is 13.1. The predicted octanol–water partition coefficient (Wildman–Crippen LogP) is 3.91. The Morgan fingerprint density at radius 3 is 2.75 bits per heavy atom. The maximum atomic E-state index is 9.43. The molecular weight excluding hydrogens is 246 g/mol. The van der Waals surface area contributed by atoms with E-state index in [-0.39, 0.29) is 17.9 Å². The summed E-state index contributed by atoms with van der Waals surface area (Å²) < 4.78 is 0. The average Bonchev–Trinajstić information content (AvgIpc) is 2.54. The third kappa shape index (κ3) is 3.60. The fourth-order valence-corrected chi connectivity index (χ4v) is 2.55. The van der Waals surface area contributed by atoms with Crippen molar-refractivity contribution in [2.45, 2.75) is 40.2 Å². The molecule has 0 aromatic heterocycles. The van der Waals surface area contributed by atoms with Gasteiger partial charge in [-0.15, -0.1) is 0 Å². The van der Waals surface area contributed by atoms with Gasteiger partial charge in [0.2, 0.25) is 0 Å². The van der Waals surface area contributed by atoms with E-state index in [1.165, 1.54) is 0 Å². The van der Waals surface area contributed by atoms with Crippen LogP contribution >= 0.6 is 0 Å². The second-order valence-electron chi connectivity index (χ2n) is 5.60. The fourth-order valence-electron chi connectivity index (χ4n) is 2.55. The minimum Gasteiger partial charge on any atom is -0.376 e. The normalized spacial score (nSPS) is 24.7. The maximum absolute atomic E-state index is 9.43. The Balaban J connectivity index is 3.24. The Hall–Kier alpha value is -1.82. The molecule has 0 fully saturated rings. The van der Waals surface area contributed by atoms with Gasteiger partial charge in [0.25, 0.3) is 0 Å². The van der Waals surface area contributed by atoms with E-state index in [1.54, 1.807) is 0 Å². The second-order valence-corrected chi connectivity index (χ2v) is 5.60. The largest absolute Gasteiger partial charge is 0.376 e. The van der Waals surface area contributed by atoms with Gasteiger partial charge in [0.05, 0.1) is 5.57 Å². The van der Waals surface area contributed by atoms with Crippen LogP contribution in [0.3, 0.4) is 0 Å². The van der Waals surface area contributed by atoms with Crippen molar-refractivity contribution in [1.29, 1.82) is 10.7 Å². The number of hydrogen-bond acceptors (Lipinski definition) is 3. The molecular formula is C17H25N3. The molecule has 0 aromatic rings. The molecule has 1 rings (SSSR count). The monoisotopic (exact) mass is 271 g/mol. The molecule has 1 aliphatic heterocycles. The molecule has 0 amide bonds. The number of nitrogens with one attached hydrogen (secondary N) is 1. The van der Waals surface area contributed by atoms with Gasteiger partial charge in [0.15, 0.2) is 0 Å². The van der Waals surface area contributed by atoms with Gasteiger partial charge >= 0.3 is 0 Å². The first-order valence-corrected chi connectivity index (χ1v) is 7.14. The Kier molecular flexibility index (Phi) is 5.76. The fraction of sp³-hybridized carbons (Fsp3) is 0.529. The minimum absolute atomic E-state index is 0.0603. The van der Waals surface area contributed by atoms with Crippen molar-refractivity contribution < 1.29 is 0 Å². The molecule has 0 bridgehead atoms. The smallest absolute Gasteiger partial charge is 0.101 e. The lowest BCUT2D eigenvalue weighted by Gasteiger charge is -2.27. The standard InChI is InChI=1S/C17H25N3/c1-6-7-8-12(2)16-9-17(13(3)19)14(4)20(5)11-15(16)10-18/h6-7,9,11-12,14,17,19H,8H2,1-5H3/b7-6-,19-13?. The van der Waals surface area contributed by atoms with Crippen LogP contribution in [0.15, 0.2) is 35.6 Å². The summed E-state index contributed by atoms with van der Waals surface area (Å²) >= 11 is 0. The van der Waals surface area contributed by atoms with Crippen molar-refractivity contribution in [2.24, 2.45) is 11.8 Å². The van der Waals surface area contributed by atoms with Gasteiger partial charge in [0.1, 0.15) is 6.07 Å². The number of hydrogen-bond donors (Lipinski definition) is 1. The van der Waals surface area contributed by atoms with Crippen molar-refractivity contribution >= 4 is 5.71 Å². The van der Waals surface area contributed by atoms with E-state index in [2.05, 4.69) is 32.1 Å². The number of nitrogens with zero attached hydrogens (tertiary/aromatic N) is 2. The van der Waals surface area contributed by atoms with Crippen molar-refractivity contribution in [1.82, 2.24) is 4.90 Å². The minimum atomic E-state index is 0.0603. The molecule has 3 atom stereocenters. The van der Waals surface area contributed by atoms with Crippen LogP contribution in [0.25, 0.3) is 0 Å². The van der Waals surface area contributed by atoms with Crippen LogP contribution in [0.5, 0.6) is 0 Å². The van der Waals surface area contributed by atoms with Crippen molar-refractivity contribution in [3.63, 3.8) is 0 Å². The predicted molar refractivity (Wildman–Crippen MR) is 84.5 cm³/mol. The Labute approximate surface area is 122 Å². The van der Waals surface area contributed by atoms with Crippen molar-refractivity contribution in [3.05, 3.63) is 35.6 Å². The SMILES string of the molecule is C/C=C\CC(C)C1=CC(C(C)=N)C(C)N(C)C=C1C#N. The van der Waals surface area contributed by atoms with Crippen LogP contribution in [-0.4, -0.2) is 23.7 Å². The van der Waals surface area contributed by atoms with Crippen LogP contribution in [-0.2, 0) is 0 Å². The highest BCUT2D eigenvalue weighted by atomic mass is 15.1. The lowest BCUT2D eigenvalue weighted by molar-refractivity contribution is 0.325. The molecule has 0 spiro atoms. The quantitative estimate of drug-likeness (QED) is 0.622. The molecule has 3 heteroatoms. The van der Waals surface area contributed by atoms with E-state index in [9.17, 15) is 5.26 Å². The van der Waals surface area contributed by atoms with Crippen LogP contribution in [0.1, 0.15) is 34.1 Å². The summed E-state index contributed by atoms with van der Waals surface area (Å²) in [6, 6.07) is 2.51. The highest BCUT2D eigenvalue weighted by molar-refractivity contribution is 5.84. The molecule has 1 heterocycles. The molecule has 0 aliphatic carbocycles. The number of allylic oxidation sites excluding steroid dienone is 4. The molecule has 108 valence electrons. The molecule has 3 nitrogen and oxygen atoms in total. The van der Waals surface area contributed by atoms with Gasteiger partial charge in [-0.1, -0.05) is 25.2 Å². The molecule has 0 saturated heterocycles. The van der Waals surface area contributed by atoms with Gasteiger partial charge in [-0.2, -0.15) is 5.26 Å². The van der Waals surface area contributed by atoms with Gasteiger partial charge < -0.3 is 10.3 Å². The van der Waals surface area contributed by atoms with E-state index in [0.717, 1.165) is 17.6 Å². The molecule has 0 radical (unpaired) electrons. The van der Waals surface area contributed by atoms with Gasteiger partial charge in [-0.3, -0.25) is 0 Å². The van der Waals surface area contributed by atoms with Crippen molar-refractivity contribution in [2.75, 3.05) is 7.05 Å². The lowest BCUT2D eigenvalue weighted by atomic mass is 9.87. The van der Waals surface area contributed by atoms with E-state index in [0.29, 0.717) is 5.71 Å². The zero-order valence-electron chi connectivity index (χ0n) is 13.1. The molecule has 1 aliphatic rings. The summed E-state index contributed by atoms with van der Waals surface area (Å²) in [5, 5.41) is 17.4. The molecule has 0 saturated carbocycles. The highest BCUT2D eigenvalue weighted by Gasteiger charge is 2.26. The topological polar surface area (TPSA) is 50.9 Å². The average molecular weight is 271 g/mol. The zero-order chi connectivity index (χ0) is 15.3. The Morgan fingerprint density at radius 2 is 2.25 bits per heavy atom. The Bertz CT molecular complexity index is 491. The van der Waals surface area contributed by atoms with Gasteiger partial charge in [-0.05, 0) is 38.7 Å². The third-order valence-electron chi connectivity index (χ3n) is 4.04. The number of nitriles is 1. The lowest BCUT2D eigenvalue weighted by Crippen LogP contribution is -2.33. The second kappa shape index (κ2) is 7.09. The first-order chi connectivity index (χ1) is 9.42. The molecule has 20 heavy (non-hydrogen) atoms. The maximum Gasteiger partial charge on any atom is 0.101 e. The van der Waals surface area contributed by atoms with Gasteiger partial charge in [0, 0.05) is 30.9 Å². The van der Waals surface area contributed by atoms with Gasteiger partial charge in [-0.25, -0.2) is 0 Å². The van der Waals surface area contributed by atoms with Crippen LogP contribution in [0.4, 0.5) is 0 Å². The summed E-state index contributed by atoms with van der Waals surface area (Å²) in [7, 11) is 1.98. The first kappa shape index (κ1) is 16.2. The van der Waals surface area contributed by atoms with Crippen LogP contribution < -0.4 is 0 Å². The summed E-state index contributed by atoms with van der Waals surface area (Å²) in [4.78, 5) is 2.05. The van der Waals surface area contributed by atoms with Crippen molar-refractivity contribution in [3.8, 4) is 6.07 Å². The number of rotatable bonds is 4. The van der Waals surface area contributed by atoms with E-state index >= 15 is 0 Å². The highest BCUT2D eigenvalue weighted by Crippen LogP contribution is 2.30.